The number of aromatic hydroxyl groups is 1. The number of phenolic OH excluding ortho intramolecular Hbond substituents is 1. The lowest BCUT2D eigenvalue weighted by Crippen LogP contribution is -2.63. The molecule has 3 unspecified atom stereocenters. The first-order chi connectivity index (χ1) is 20.9. The van der Waals surface area contributed by atoms with Crippen LogP contribution in [-0.4, -0.2) is 88.5 Å². The van der Waals surface area contributed by atoms with Crippen LogP contribution in [-0.2, 0) is 25.1 Å². The number of furan rings is 1. The minimum Gasteiger partial charge on any atom is -0.510 e. The molecular formula is C30H32BrClN4O9. The number of amides is 2. The molecule has 15 heteroatoms. The Hall–Kier alpha value is -3.85. The summed E-state index contributed by atoms with van der Waals surface area (Å²) in [6, 6.07) is 2.04. The first-order valence-corrected chi connectivity index (χ1v) is 15.0. The van der Waals surface area contributed by atoms with E-state index in [0.29, 0.717) is 11.3 Å². The van der Waals surface area contributed by atoms with Crippen molar-refractivity contribution in [1.82, 2.24) is 4.90 Å². The molecule has 0 saturated heterocycles. The van der Waals surface area contributed by atoms with Crippen LogP contribution in [0.5, 0.6) is 5.75 Å². The summed E-state index contributed by atoms with van der Waals surface area (Å²) in [6.45, 7) is 1.52. The van der Waals surface area contributed by atoms with Crippen molar-refractivity contribution in [3.63, 3.8) is 0 Å². The van der Waals surface area contributed by atoms with Gasteiger partial charge in [0.15, 0.2) is 21.5 Å². The van der Waals surface area contributed by atoms with Crippen molar-refractivity contribution in [2.75, 3.05) is 38.4 Å². The number of halogens is 2. The molecule has 45 heavy (non-hydrogen) atoms. The molecule has 240 valence electrons. The molecule has 1 heterocycles. The van der Waals surface area contributed by atoms with Crippen molar-refractivity contribution in [1.29, 1.82) is 0 Å². The van der Waals surface area contributed by atoms with Crippen LogP contribution in [0.2, 0.25) is 5.02 Å². The van der Waals surface area contributed by atoms with Gasteiger partial charge in [0, 0.05) is 25.6 Å². The Bertz CT molecular complexity index is 1730. The number of benzene rings is 1. The van der Waals surface area contributed by atoms with Crippen LogP contribution in [0.1, 0.15) is 35.0 Å². The minimum atomic E-state index is -2.78. The number of carbonyl (C=O) groups excluding carboxylic acids is 4. The molecule has 0 aliphatic heterocycles. The zero-order chi connectivity index (χ0) is 33.5. The Labute approximate surface area is 271 Å². The smallest absolute Gasteiger partial charge is 0.255 e. The van der Waals surface area contributed by atoms with Gasteiger partial charge in [-0.05, 0) is 57.5 Å². The fourth-order valence-electron chi connectivity index (χ4n) is 6.80. The van der Waals surface area contributed by atoms with Crippen LogP contribution in [0.3, 0.4) is 0 Å². The third kappa shape index (κ3) is 4.56. The number of carbonyl (C=O) groups is 4. The Balaban J connectivity index is 1.70. The molecule has 0 bridgehead atoms. The van der Waals surface area contributed by atoms with Crippen molar-refractivity contribution in [3.05, 3.63) is 63.0 Å². The zero-order valence-electron chi connectivity index (χ0n) is 24.9. The van der Waals surface area contributed by atoms with Gasteiger partial charge in [0.05, 0.1) is 28.6 Å². The van der Waals surface area contributed by atoms with Crippen molar-refractivity contribution in [2.45, 2.75) is 35.7 Å². The predicted octanol–water partition coefficient (Wildman–Crippen LogP) is 2.68. The second-order valence-corrected chi connectivity index (χ2v) is 14.0. The molecule has 1 aromatic carbocycles. The summed E-state index contributed by atoms with van der Waals surface area (Å²) in [5.74, 6) is -8.32. The second-order valence-electron chi connectivity index (χ2n) is 12.0. The van der Waals surface area contributed by atoms with Gasteiger partial charge in [-0.2, -0.15) is 0 Å². The number of hydrogen-bond acceptors (Lipinski definition) is 11. The van der Waals surface area contributed by atoms with E-state index in [1.54, 1.807) is 45.2 Å². The van der Waals surface area contributed by atoms with Crippen molar-refractivity contribution < 1.29 is 44.0 Å². The van der Waals surface area contributed by atoms with E-state index >= 15 is 0 Å². The standard InChI is InChI=1S/C30H32BrClN4O9/c1-29(31,14-7-6-8-45-14)28(43)34-19-18(32)20(35(2)3)12-9-11-10-13-21(36(4)5)24(39)17(27(33)42)26(41)30(13,44)25(40)15(11)22(37)16(12)23(19)38/h6-8,11,13,21,38-40,44H,9-10H2,1-5H3,(H2,33,42)(H,34,43)/t11?,13?,21-,29?,30-/m0/s1. The largest absolute Gasteiger partial charge is 0.510 e. The van der Waals surface area contributed by atoms with Gasteiger partial charge in [-0.3, -0.25) is 24.1 Å². The van der Waals surface area contributed by atoms with Gasteiger partial charge in [-0.1, -0.05) is 27.5 Å². The molecule has 13 nitrogen and oxygen atoms in total. The number of alkyl halides is 1. The molecule has 2 aromatic rings. The summed E-state index contributed by atoms with van der Waals surface area (Å²) >= 11 is 10.1. The Morgan fingerprint density at radius 3 is 2.38 bits per heavy atom. The molecular weight excluding hydrogens is 676 g/mol. The lowest BCUT2D eigenvalue weighted by Gasteiger charge is -2.50. The number of hydrogen-bond donors (Lipinski definition) is 6. The highest BCUT2D eigenvalue weighted by Crippen LogP contribution is 2.55. The number of nitrogens with one attached hydrogen (secondary N) is 1. The third-order valence-electron chi connectivity index (χ3n) is 8.90. The van der Waals surface area contributed by atoms with Gasteiger partial charge < -0.3 is 40.8 Å². The highest BCUT2D eigenvalue weighted by molar-refractivity contribution is 9.10. The van der Waals surface area contributed by atoms with E-state index in [1.165, 1.54) is 18.1 Å². The summed E-state index contributed by atoms with van der Waals surface area (Å²) in [6.07, 6.45) is 1.32. The van der Waals surface area contributed by atoms with E-state index < -0.39 is 74.0 Å². The van der Waals surface area contributed by atoms with Gasteiger partial charge in [0.25, 0.3) is 5.91 Å². The first kappa shape index (κ1) is 32.5. The summed E-state index contributed by atoms with van der Waals surface area (Å²) < 4.78 is 3.97. The number of likely N-dealkylation sites (N-methyl/N-ethyl adjacent to an activating group) is 1. The van der Waals surface area contributed by atoms with Crippen molar-refractivity contribution in [2.24, 2.45) is 17.6 Å². The Morgan fingerprint density at radius 2 is 1.84 bits per heavy atom. The molecule has 2 amide bonds. The number of primary amides is 1. The van der Waals surface area contributed by atoms with Crippen LogP contribution >= 0.6 is 27.5 Å². The van der Waals surface area contributed by atoms with Crippen LogP contribution in [0.25, 0.3) is 0 Å². The fourth-order valence-corrected chi connectivity index (χ4v) is 7.55. The molecule has 1 aromatic heterocycles. The lowest BCUT2D eigenvalue weighted by atomic mass is 9.58. The SMILES string of the molecule is CN(C)c1c(Cl)c(NC(=O)C(C)(Br)c2ccco2)c(O)c2c1CC1CC3[C@H](N(C)C)C(O)=C(C(N)=O)C(=O)[C@@]3(O)C(O)=C1C2=O. The van der Waals surface area contributed by atoms with E-state index in [0.717, 1.165) is 0 Å². The maximum absolute atomic E-state index is 14.2. The number of ketones is 2. The van der Waals surface area contributed by atoms with E-state index in [1.807, 2.05) is 0 Å². The first-order valence-electron chi connectivity index (χ1n) is 13.8. The summed E-state index contributed by atoms with van der Waals surface area (Å²) in [7, 11) is 6.42. The Morgan fingerprint density at radius 1 is 1.20 bits per heavy atom. The average molecular weight is 708 g/mol. The minimum absolute atomic E-state index is 0.0200. The van der Waals surface area contributed by atoms with Gasteiger partial charge >= 0.3 is 0 Å². The van der Waals surface area contributed by atoms with Crippen LogP contribution in [0.4, 0.5) is 11.4 Å². The lowest BCUT2D eigenvalue weighted by molar-refractivity contribution is -0.148. The molecule has 3 aliphatic carbocycles. The molecule has 0 spiro atoms. The molecule has 0 radical (unpaired) electrons. The molecule has 3 aliphatic rings. The number of aliphatic hydroxyl groups excluding tert-OH is 2. The average Bonchev–Trinajstić information content (AvgIpc) is 3.48. The quantitative estimate of drug-likeness (QED) is 0.146. The summed E-state index contributed by atoms with van der Waals surface area (Å²) in [4.78, 5) is 56.5. The number of Topliss-reactive ketones (excluding diaryl/α,β-unsaturated/α-hetero) is 2. The topological polar surface area (TPSA) is 207 Å². The number of allylic oxidation sites excluding steroid dienone is 1. The predicted molar refractivity (Wildman–Crippen MR) is 167 cm³/mol. The number of phenols is 1. The van der Waals surface area contributed by atoms with Gasteiger partial charge in [-0.15, -0.1) is 0 Å². The normalized spacial score (nSPS) is 25.8. The van der Waals surface area contributed by atoms with Crippen LogP contribution in [0.15, 0.2) is 45.5 Å². The maximum atomic E-state index is 14.2. The number of nitrogens with two attached hydrogens (primary N) is 1. The number of rotatable bonds is 6. The molecule has 5 atom stereocenters. The maximum Gasteiger partial charge on any atom is 0.255 e. The molecule has 0 saturated carbocycles. The molecule has 7 N–H and O–H groups in total. The number of nitrogens with zero attached hydrogens (tertiary/aromatic N) is 2. The third-order valence-corrected chi connectivity index (χ3v) is 10.0. The van der Waals surface area contributed by atoms with Crippen molar-refractivity contribution >= 4 is 62.3 Å². The zero-order valence-corrected chi connectivity index (χ0v) is 27.3. The highest BCUT2D eigenvalue weighted by Gasteiger charge is 2.63. The second kappa shape index (κ2) is 10.9. The van der Waals surface area contributed by atoms with Gasteiger partial charge in [-0.25, -0.2) is 0 Å². The number of aliphatic hydroxyl groups is 3. The van der Waals surface area contributed by atoms with E-state index in [4.69, 9.17) is 21.8 Å². The van der Waals surface area contributed by atoms with Gasteiger partial charge in [0.1, 0.15) is 28.5 Å². The van der Waals surface area contributed by atoms with E-state index in [9.17, 15) is 39.6 Å². The summed E-state index contributed by atoms with van der Waals surface area (Å²) in [5, 5.41) is 48.4. The van der Waals surface area contributed by atoms with E-state index in [2.05, 4.69) is 21.2 Å². The van der Waals surface area contributed by atoms with Gasteiger partial charge in [0.2, 0.25) is 11.7 Å². The highest BCUT2D eigenvalue weighted by atomic mass is 79.9. The number of anilines is 2. The monoisotopic (exact) mass is 706 g/mol. The Kier molecular flexibility index (Phi) is 7.88. The van der Waals surface area contributed by atoms with E-state index in [-0.39, 0.29) is 40.4 Å². The summed E-state index contributed by atoms with van der Waals surface area (Å²) in [5.41, 5.74) is 1.41. The van der Waals surface area contributed by atoms with Crippen molar-refractivity contribution in [3.8, 4) is 5.75 Å². The molecule has 5 rings (SSSR count). The fraction of sp³-hybridized carbons (Fsp3) is 0.400. The van der Waals surface area contributed by atoms with Crippen LogP contribution in [0, 0.1) is 11.8 Å². The molecule has 0 fully saturated rings. The van der Waals surface area contributed by atoms with Crippen LogP contribution < -0.4 is 16.0 Å². The number of fused-ring (bicyclic) bond motifs is 3.